The molecule has 0 amide bonds. The summed E-state index contributed by atoms with van der Waals surface area (Å²) in [6.07, 6.45) is 6.44. The molecular formula is C17H27N. The van der Waals surface area contributed by atoms with E-state index in [4.69, 9.17) is 5.73 Å². The molecule has 100 valence electrons. The van der Waals surface area contributed by atoms with Crippen LogP contribution in [-0.2, 0) is 0 Å². The van der Waals surface area contributed by atoms with Crippen molar-refractivity contribution in [2.24, 2.45) is 11.1 Å². The Kier molecular flexibility index (Phi) is 4.11. The van der Waals surface area contributed by atoms with Crippen LogP contribution in [0.2, 0.25) is 0 Å². The molecule has 1 fully saturated rings. The second kappa shape index (κ2) is 5.44. The first-order chi connectivity index (χ1) is 8.57. The lowest BCUT2D eigenvalue weighted by Crippen LogP contribution is -2.29. The van der Waals surface area contributed by atoms with Crippen molar-refractivity contribution in [1.82, 2.24) is 0 Å². The third-order valence-electron chi connectivity index (χ3n) is 4.97. The molecule has 2 atom stereocenters. The number of hydrogen-bond donors (Lipinski definition) is 1. The molecule has 0 heterocycles. The Morgan fingerprint density at radius 2 is 1.61 bits per heavy atom. The lowest BCUT2D eigenvalue weighted by molar-refractivity contribution is 0.265. The molecule has 0 aliphatic heterocycles. The molecule has 1 nitrogen and oxygen atoms in total. The molecule has 1 saturated carbocycles. The van der Waals surface area contributed by atoms with Crippen LogP contribution < -0.4 is 5.73 Å². The largest absolute Gasteiger partial charge is 0.323 e. The highest BCUT2D eigenvalue weighted by molar-refractivity contribution is 5.28. The standard InChI is InChI=1S/C17H27N/c1-4-13(2)14-7-9-15(10-8-14)16(18)17(3)11-5-6-12-17/h7-10,13,16H,4-6,11-12,18H2,1-3H3. The van der Waals surface area contributed by atoms with Crippen LogP contribution in [0.15, 0.2) is 24.3 Å². The summed E-state index contributed by atoms with van der Waals surface area (Å²) in [5, 5.41) is 0. The van der Waals surface area contributed by atoms with Crippen LogP contribution >= 0.6 is 0 Å². The van der Waals surface area contributed by atoms with Crippen molar-refractivity contribution in [2.45, 2.75) is 64.8 Å². The summed E-state index contributed by atoms with van der Waals surface area (Å²) in [4.78, 5) is 0. The van der Waals surface area contributed by atoms with Crippen molar-refractivity contribution >= 4 is 0 Å². The molecule has 0 radical (unpaired) electrons. The normalized spacial score (nSPS) is 21.8. The summed E-state index contributed by atoms with van der Waals surface area (Å²) >= 11 is 0. The summed E-state index contributed by atoms with van der Waals surface area (Å²) in [5.74, 6) is 0.650. The Morgan fingerprint density at radius 1 is 1.11 bits per heavy atom. The maximum Gasteiger partial charge on any atom is 0.0349 e. The Morgan fingerprint density at radius 3 is 2.11 bits per heavy atom. The van der Waals surface area contributed by atoms with Gasteiger partial charge in [0.1, 0.15) is 0 Å². The van der Waals surface area contributed by atoms with Gasteiger partial charge >= 0.3 is 0 Å². The van der Waals surface area contributed by atoms with Crippen LogP contribution in [0.3, 0.4) is 0 Å². The molecule has 1 aromatic rings. The van der Waals surface area contributed by atoms with E-state index in [0.717, 1.165) is 0 Å². The summed E-state index contributed by atoms with van der Waals surface area (Å²) in [5.41, 5.74) is 9.56. The Balaban J connectivity index is 2.14. The van der Waals surface area contributed by atoms with E-state index in [1.165, 1.54) is 43.2 Å². The molecule has 0 aromatic heterocycles. The van der Waals surface area contributed by atoms with Gasteiger partial charge in [-0.15, -0.1) is 0 Å². The van der Waals surface area contributed by atoms with Crippen LogP contribution in [0.5, 0.6) is 0 Å². The minimum Gasteiger partial charge on any atom is -0.323 e. The number of nitrogens with two attached hydrogens (primary N) is 1. The molecule has 18 heavy (non-hydrogen) atoms. The van der Waals surface area contributed by atoms with Crippen molar-refractivity contribution in [3.63, 3.8) is 0 Å². The first-order valence-electron chi connectivity index (χ1n) is 7.42. The van der Waals surface area contributed by atoms with E-state index in [1.807, 2.05) is 0 Å². The fourth-order valence-electron chi connectivity index (χ4n) is 3.16. The first kappa shape index (κ1) is 13.6. The Labute approximate surface area is 112 Å². The van der Waals surface area contributed by atoms with Gasteiger partial charge in [0.25, 0.3) is 0 Å². The minimum absolute atomic E-state index is 0.200. The van der Waals surface area contributed by atoms with E-state index in [1.54, 1.807) is 0 Å². The van der Waals surface area contributed by atoms with E-state index in [-0.39, 0.29) is 6.04 Å². The van der Waals surface area contributed by atoms with Gasteiger partial charge in [0.15, 0.2) is 0 Å². The fourth-order valence-corrected chi connectivity index (χ4v) is 3.16. The van der Waals surface area contributed by atoms with Crippen molar-refractivity contribution in [2.75, 3.05) is 0 Å². The first-order valence-corrected chi connectivity index (χ1v) is 7.42. The summed E-state index contributed by atoms with van der Waals surface area (Å²) in [6.45, 7) is 6.88. The van der Waals surface area contributed by atoms with Crippen LogP contribution in [0.1, 0.15) is 76.0 Å². The van der Waals surface area contributed by atoms with Crippen molar-refractivity contribution < 1.29 is 0 Å². The lowest BCUT2D eigenvalue weighted by Gasteiger charge is -2.31. The van der Waals surface area contributed by atoms with Crippen LogP contribution in [0.25, 0.3) is 0 Å². The second-order valence-corrected chi connectivity index (χ2v) is 6.31. The van der Waals surface area contributed by atoms with Crippen LogP contribution in [0, 0.1) is 5.41 Å². The molecule has 2 rings (SSSR count). The van der Waals surface area contributed by atoms with Gasteiger partial charge in [0.2, 0.25) is 0 Å². The highest BCUT2D eigenvalue weighted by Crippen LogP contribution is 2.45. The summed E-state index contributed by atoms with van der Waals surface area (Å²) in [7, 11) is 0. The molecule has 0 saturated heterocycles. The van der Waals surface area contributed by atoms with E-state index >= 15 is 0 Å². The highest BCUT2D eigenvalue weighted by Gasteiger charge is 2.35. The SMILES string of the molecule is CCC(C)c1ccc(C(N)C2(C)CCCC2)cc1. The number of hydrogen-bond acceptors (Lipinski definition) is 1. The topological polar surface area (TPSA) is 26.0 Å². The maximum atomic E-state index is 6.49. The molecule has 0 spiro atoms. The monoisotopic (exact) mass is 245 g/mol. The van der Waals surface area contributed by atoms with Gasteiger partial charge in [-0.1, -0.05) is 57.9 Å². The molecule has 0 bridgehead atoms. The molecule has 2 unspecified atom stereocenters. The molecule has 1 aliphatic rings. The summed E-state index contributed by atoms with van der Waals surface area (Å²) < 4.78 is 0. The van der Waals surface area contributed by atoms with E-state index in [2.05, 4.69) is 45.0 Å². The Hall–Kier alpha value is -0.820. The molecule has 1 aromatic carbocycles. The third kappa shape index (κ3) is 2.61. The van der Waals surface area contributed by atoms with Gasteiger partial charge in [0.05, 0.1) is 0 Å². The molecule has 1 aliphatic carbocycles. The molecule has 1 heteroatoms. The highest BCUT2D eigenvalue weighted by atomic mass is 14.7. The summed E-state index contributed by atoms with van der Waals surface area (Å²) in [6, 6.07) is 9.22. The Bertz CT molecular complexity index is 373. The average molecular weight is 245 g/mol. The second-order valence-electron chi connectivity index (χ2n) is 6.31. The number of rotatable bonds is 4. The minimum atomic E-state index is 0.200. The van der Waals surface area contributed by atoms with E-state index < -0.39 is 0 Å². The maximum absolute atomic E-state index is 6.49. The third-order valence-corrected chi connectivity index (χ3v) is 4.97. The zero-order valence-electron chi connectivity index (χ0n) is 12.1. The predicted octanol–water partition coefficient (Wildman–Crippen LogP) is 4.78. The van der Waals surface area contributed by atoms with E-state index in [0.29, 0.717) is 11.3 Å². The van der Waals surface area contributed by atoms with Crippen molar-refractivity contribution in [1.29, 1.82) is 0 Å². The quantitative estimate of drug-likeness (QED) is 0.811. The average Bonchev–Trinajstić information content (AvgIpc) is 2.85. The van der Waals surface area contributed by atoms with Crippen LogP contribution in [-0.4, -0.2) is 0 Å². The van der Waals surface area contributed by atoms with Crippen molar-refractivity contribution in [3.05, 3.63) is 35.4 Å². The van der Waals surface area contributed by atoms with Gasteiger partial charge in [0, 0.05) is 6.04 Å². The smallest absolute Gasteiger partial charge is 0.0349 e. The number of benzene rings is 1. The van der Waals surface area contributed by atoms with Gasteiger partial charge in [-0.25, -0.2) is 0 Å². The fraction of sp³-hybridized carbons (Fsp3) is 0.647. The van der Waals surface area contributed by atoms with Gasteiger partial charge in [-0.05, 0) is 41.7 Å². The zero-order valence-corrected chi connectivity index (χ0v) is 12.1. The lowest BCUT2D eigenvalue weighted by atomic mass is 9.77. The van der Waals surface area contributed by atoms with Crippen LogP contribution in [0.4, 0.5) is 0 Å². The van der Waals surface area contributed by atoms with Gasteiger partial charge < -0.3 is 5.73 Å². The van der Waals surface area contributed by atoms with Gasteiger partial charge in [-0.3, -0.25) is 0 Å². The van der Waals surface area contributed by atoms with Gasteiger partial charge in [-0.2, -0.15) is 0 Å². The zero-order chi connectivity index (χ0) is 13.2. The predicted molar refractivity (Wildman–Crippen MR) is 78.7 cm³/mol. The molecule has 2 N–H and O–H groups in total. The van der Waals surface area contributed by atoms with E-state index in [9.17, 15) is 0 Å². The van der Waals surface area contributed by atoms with Crippen molar-refractivity contribution in [3.8, 4) is 0 Å². The molecular weight excluding hydrogens is 218 g/mol.